The Morgan fingerprint density at radius 3 is 2.20 bits per heavy atom. The highest BCUT2D eigenvalue weighted by atomic mass is 32.2. The minimum absolute atomic E-state index is 0.0332. The average Bonchev–Trinajstić information content (AvgIpc) is 3.34. The molecule has 2 amide bonds. The van der Waals surface area contributed by atoms with E-state index in [1.165, 1.54) is 0 Å². The van der Waals surface area contributed by atoms with Gasteiger partial charge in [-0.2, -0.15) is 9.40 Å². The van der Waals surface area contributed by atoms with E-state index in [1.807, 2.05) is 37.9 Å². The number of benzene rings is 1. The molecule has 0 aliphatic carbocycles. The van der Waals surface area contributed by atoms with Crippen LogP contribution in [0.4, 0.5) is 0 Å². The molecular formula is C33H51N7O4S. The molecule has 3 aliphatic heterocycles. The molecule has 1 spiro atoms. The monoisotopic (exact) mass is 641 g/mol. The minimum atomic E-state index is -3.59. The van der Waals surface area contributed by atoms with Gasteiger partial charge in [-0.1, -0.05) is 39.3 Å². The number of carbonyl (C=O) groups is 2. The first-order valence-electron chi connectivity index (χ1n) is 16.6. The van der Waals surface area contributed by atoms with E-state index in [0.29, 0.717) is 75.9 Å². The van der Waals surface area contributed by atoms with Gasteiger partial charge in [-0.25, -0.2) is 8.42 Å². The van der Waals surface area contributed by atoms with Crippen LogP contribution in [0.25, 0.3) is 0 Å². The highest BCUT2D eigenvalue weighted by Gasteiger charge is 2.54. The molecule has 4 heterocycles. The Morgan fingerprint density at radius 2 is 1.64 bits per heavy atom. The molecule has 5 rings (SSSR count). The number of nitrogens with zero attached hydrogens (tertiary/aromatic N) is 5. The number of hydrogen-bond acceptors (Lipinski definition) is 7. The van der Waals surface area contributed by atoms with Crippen molar-refractivity contribution < 1.29 is 18.0 Å². The van der Waals surface area contributed by atoms with E-state index in [4.69, 9.17) is 0 Å². The third-order valence-corrected chi connectivity index (χ3v) is 11.9. The number of piperidine rings is 1. The lowest BCUT2D eigenvalue weighted by Crippen LogP contribution is -2.73. The number of sulfonamides is 1. The predicted octanol–water partition coefficient (Wildman–Crippen LogP) is 3.06. The Kier molecular flexibility index (Phi) is 10.1. The Hall–Kier alpha value is -2.80. The van der Waals surface area contributed by atoms with Gasteiger partial charge in [-0.05, 0) is 70.2 Å². The molecular weight excluding hydrogens is 590 g/mol. The number of likely N-dealkylation sites (tertiary alicyclic amines) is 1. The van der Waals surface area contributed by atoms with E-state index < -0.39 is 21.6 Å². The predicted molar refractivity (Wildman–Crippen MR) is 174 cm³/mol. The van der Waals surface area contributed by atoms with Crippen molar-refractivity contribution in [2.75, 3.05) is 52.9 Å². The number of hydrogen-bond donors (Lipinski definition) is 2. The fourth-order valence-corrected chi connectivity index (χ4v) is 8.74. The standard InChI is InChI=1S/C33H51N7O4S/c1-7-8-15-40-31(41)28(22-23(2)3)34-32(42)33(40)13-16-38(17-14-33)30(29-24(4)35-36-25(29)5)26-9-11-27(12-10-26)45(43,44)39-20-18-37(6)19-21-39/h9-12,23,28,30H,7-8,13-22H2,1-6H3,(H,34,42)(H,35,36)/t28-,30?/m0/s1. The second kappa shape index (κ2) is 13.5. The summed E-state index contributed by atoms with van der Waals surface area (Å²) in [5, 5.41) is 10.7. The van der Waals surface area contributed by atoms with Crippen LogP contribution in [0, 0.1) is 19.8 Å². The number of H-pyrrole nitrogens is 1. The maximum absolute atomic E-state index is 13.8. The summed E-state index contributed by atoms with van der Waals surface area (Å²) in [5.41, 5.74) is 3.02. The van der Waals surface area contributed by atoms with Gasteiger partial charge in [-0.15, -0.1) is 0 Å². The summed E-state index contributed by atoms with van der Waals surface area (Å²) >= 11 is 0. The smallest absolute Gasteiger partial charge is 0.246 e. The molecule has 248 valence electrons. The van der Waals surface area contributed by atoms with E-state index in [1.54, 1.807) is 16.4 Å². The molecule has 2 aromatic rings. The molecule has 1 aromatic heterocycles. The van der Waals surface area contributed by atoms with Crippen LogP contribution in [-0.2, 0) is 19.6 Å². The summed E-state index contributed by atoms with van der Waals surface area (Å²) in [7, 11) is -1.58. The van der Waals surface area contributed by atoms with E-state index >= 15 is 0 Å². The van der Waals surface area contributed by atoms with E-state index in [9.17, 15) is 18.0 Å². The number of carbonyl (C=O) groups excluding carboxylic acids is 2. The molecule has 1 unspecified atom stereocenters. The van der Waals surface area contributed by atoms with Crippen LogP contribution in [0.15, 0.2) is 29.2 Å². The molecule has 3 fully saturated rings. The van der Waals surface area contributed by atoms with Gasteiger partial charge in [0.05, 0.1) is 16.6 Å². The van der Waals surface area contributed by atoms with Gasteiger partial charge in [0.25, 0.3) is 0 Å². The molecule has 11 nitrogen and oxygen atoms in total. The van der Waals surface area contributed by atoms with Crippen LogP contribution in [0.5, 0.6) is 0 Å². The molecule has 45 heavy (non-hydrogen) atoms. The lowest BCUT2D eigenvalue weighted by Gasteiger charge is -2.52. The first-order chi connectivity index (χ1) is 21.4. The van der Waals surface area contributed by atoms with Gasteiger partial charge >= 0.3 is 0 Å². The van der Waals surface area contributed by atoms with Gasteiger partial charge < -0.3 is 15.1 Å². The average molecular weight is 642 g/mol. The SMILES string of the molecule is CCCCN1C(=O)[C@H](CC(C)C)NC(=O)C12CCN(C(c1ccc(S(=O)(=O)N3CCN(C)CC3)cc1)c1c(C)n[nH]c1C)CC2. The van der Waals surface area contributed by atoms with Crippen LogP contribution in [0.3, 0.4) is 0 Å². The summed E-state index contributed by atoms with van der Waals surface area (Å²) in [6.07, 6.45) is 3.51. The summed E-state index contributed by atoms with van der Waals surface area (Å²) in [6.45, 7) is 14.4. The van der Waals surface area contributed by atoms with Crippen molar-refractivity contribution in [1.29, 1.82) is 0 Å². The number of nitrogens with one attached hydrogen (secondary N) is 2. The van der Waals surface area contributed by atoms with Crippen molar-refractivity contribution in [3.63, 3.8) is 0 Å². The van der Waals surface area contributed by atoms with Crippen LogP contribution < -0.4 is 5.32 Å². The lowest BCUT2D eigenvalue weighted by molar-refractivity contribution is -0.162. The molecule has 0 saturated carbocycles. The molecule has 12 heteroatoms. The van der Waals surface area contributed by atoms with Crippen LogP contribution in [-0.4, -0.2) is 114 Å². The number of aryl methyl sites for hydroxylation is 2. The largest absolute Gasteiger partial charge is 0.342 e. The maximum atomic E-state index is 13.8. The first kappa shape index (κ1) is 33.6. The third kappa shape index (κ3) is 6.57. The van der Waals surface area contributed by atoms with E-state index in [0.717, 1.165) is 35.4 Å². The molecule has 1 aromatic carbocycles. The second-order valence-electron chi connectivity index (χ2n) is 13.6. The summed E-state index contributed by atoms with van der Waals surface area (Å²) in [6, 6.07) is 6.64. The fourth-order valence-electron chi connectivity index (χ4n) is 7.32. The summed E-state index contributed by atoms with van der Waals surface area (Å²) < 4.78 is 28.5. The fraction of sp³-hybridized carbons (Fsp3) is 0.667. The Labute approximate surface area is 268 Å². The summed E-state index contributed by atoms with van der Waals surface area (Å²) in [4.78, 5) is 34.3. The minimum Gasteiger partial charge on any atom is -0.342 e. The van der Waals surface area contributed by atoms with Crippen molar-refractivity contribution in [2.24, 2.45) is 5.92 Å². The zero-order valence-electron chi connectivity index (χ0n) is 27.8. The van der Waals surface area contributed by atoms with Crippen molar-refractivity contribution in [3.05, 3.63) is 46.8 Å². The third-order valence-electron chi connectivity index (χ3n) is 10.00. The lowest BCUT2D eigenvalue weighted by atomic mass is 9.79. The number of piperazine rings is 2. The van der Waals surface area contributed by atoms with Crippen LogP contribution in [0.2, 0.25) is 0 Å². The molecule has 3 saturated heterocycles. The van der Waals surface area contributed by atoms with Gasteiger partial charge in [-0.3, -0.25) is 19.6 Å². The van der Waals surface area contributed by atoms with Gasteiger partial charge in [0, 0.05) is 57.1 Å². The molecule has 0 bridgehead atoms. The van der Waals surface area contributed by atoms with Crippen LogP contribution >= 0.6 is 0 Å². The van der Waals surface area contributed by atoms with Crippen LogP contribution in [0.1, 0.15) is 81.4 Å². The maximum Gasteiger partial charge on any atom is 0.246 e. The van der Waals surface area contributed by atoms with E-state index in [2.05, 4.69) is 46.1 Å². The molecule has 2 atom stereocenters. The molecule has 3 aliphatic rings. The first-order valence-corrected chi connectivity index (χ1v) is 18.0. The Balaban J connectivity index is 1.42. The zero-order chi connectivity index (χ0) is 32.5. The Bertz CT molecular complexity index is 1440. The quantitative estimate of drug-likeness (QED) is 0.409. The number of likely N-dealkylation sites (N-methyl/N-ethyl adjacent to an activating group) is 1. The number of aromatic amines is 1. The highest BCUT2D eigenvalue weighted by molar-refractivity contribution is 7.89. The zero-order valence-corrected chi connectivity index (χ0v) is 28.6. The number of aromatic nitrogens is 2. The number of rotatable bonds is 10. The van der Waals surface area contributed by atoms with Crippen molar-refractivity contribution in [1.82, 2.24) is 34.5 Å². The molecule has 0 radical (unpaired) electrons. The molecule has 2 N–H and O–H groups in total. The second-order valence-corrected chi connectivity index (χ2v) is 15.5. The number of unbranched alkanes of at least 4 members (excludes halogenated alkanes) is 1. The van der Waals surface area contributed by atoms with E-state index in [-0.39, 0.29) is 17.9 Å². The van der Waals surface area contributed by atoms with Crippen molar-refractivity contribution in [2.45, 2.75) is 89.2 Å². The van der Waals surface area contributed by atoms with Crippen molar-refractivity contribution >= 4 is 21.8 Å². The van der Waals surface area contributed by atoms with Gasteiger partial charge in [0.15, 0.2) is 0 Å². The normalized spacial score (nSPS) is 22.7. The number of amides is 2. The highest BCUT2D eigenvalue weighted by Crippen LogP contribution is 2.40. The van der Waals surface area contributed by atoms with Crippen molar-refractivity contribution in [3.8, 4) is 0 Å². The summed E-state index contributed by atoms with van der Waals surface area (Å²) in [5.74, 6) is 0.308. The van der Waals surface area contributed by atoms with Gasteiger partial charge in [0.1, 0.15) is 11.6 Å². The Morgan fingerprint density at radius 1 is 1.00 bits per heavy atom. The van der Waals surface area contributed by atoms with Gasteiger partial charge in [0.2, 0.25) is 21.8 Å². The topological polar surface area (TPSA) is 122 Å².